The fourth-order valence-corrected chi connectivity index (χ4v) is 4.55. The maximum atomic E-state index is 12.8. The molecule has 0 spiro atoms. The third-order valence-corrected chi connectivity index (χ3v) is 6.50. The highest BCUT2D eigenvalue weighted by molar-refractivity contribution is 5.87. The average Bonchev–Trinajstić information content (AvgIpc) is 3.27. The molecule has 0 radical (unpaired) electrons. The quantitative estimate of drug-likeness (QED) is 0.357. The minimum absolute atomic E-state index is 0.0815. The van der Waals surface area contributed by atoms with E-state index in [1.54, 1.807) is 6.20 Å². The number of alkyl carbamates (subject to hydrolysis) is 1. The molecule has 0 saturated carbocycles. The fourth-order valence-electron chi connectivity index (χ4n) is 4.55. The van der Waals surface area contributed by atoms with Crippen LogP contribution in [0.25, 0.3) is 22.1 Å². The smallest absolute Gasteiger partial charge is 0.407 e. The van der Waals surface area contributed by atoms with Crippen LogP contribution in [0.15, 0.2) is 40.1 Å². The van der Waals surface area contributed by atoms with E-state index in [9.17, 15) is 19.2 Å². The number of carbonyl (C=O) groups excluding carboxylic acids is 2. The number of nitrogens with zero attached hydrogens (tertiary/aromatic N) is 4. The van der Waals surface area contributed by atoms with E-state index >= 15 is 0 Å². The second kappa shape index (κ2) is 10.2. The number of benzene rings is 1. The van der Waals surface area contributed by atoms with Crippen molar-refractivity contribution in [2.24, 2.45) is 14.1 Å². The lowest BCUT2D eigenvalue weighted by molar-refractivity contribution is -0.142. The molecule has 0 bridgehead atoms. The minimum atomic E-state index is -1.00. The van der Waals surface area contributed by atoms with Gasteiger partial charge in [0.05, 0.1) is 26.1 Å². The van der Waals surface area contributed by atoms with Crippen molar-refractivity contribution in [3.8, 4) is 0 Å². The number of hydrogen-bond acceptors (Lipinski definition) is 8. The van der Waals surface area contributed by atoms with Crippen LogP contribution in [0.3, 0.4) is 0 Å². The molecule has 0 saturated heterocycles. The molecule has 3 heterocycles. The van der Waals surface area contributed by atoms with Crippen molar-refractivity contribution >= 4 is 34.1 Å². The monoisotopic (exact) mass is 508 g/mol. The van der Waals surface area contributed by atoms with Crippen molar-refractivity contribution in [2.45, 2.75) is 31.7 Å². The number of para-hydroxylation sites is 1. The maximum absolute atomic E-state index is 12.8. The van der Waals surface area contributed by atoms with Crippen LogP contribution < -0.4 is 16.6 Å². The first-order valence-electron chi connectivity index (χ1n) is 11.7. The molecule has 37 heavy (non-hydrogen) atoms. The van der Waals surface area contributed by atoms with E-state index in [4.69, 9.17) is 9.47 Å². The summed E-state index contributed by atoms with van der Waals surface area (Å²) in [5.41, 5.74) is 2.15. The molecule has 3 aromatic heterocycles. The Morgan fingerprint density at radius 1 is 1.11 bits per heavy atom. The first-order valence-corrected chi connectivity index (χ1v) is 11.7. The van der Waals surface area contributed by atoms with Gasteiger partial charge in [0.2, 0.25) is 0 Å². The number of amides is 1. The first kappa shape index (κ1) is 25.6. The van der Waals surface area contributed by atoms with Gasteiger partial charge in [-0.2, -0.15) is 0 Å². The summed E-state index contributed by atoms with van der Waals surface area (Å²) in [5.74, 6) is -0.956. The molecule has 2 N–H and O–H groups in total. The molecule has 12 nitrogen and oxygen atoms in total. The van der Waals surface area contributed by atoms with Crippen LogP contribution in [0.4, 0.5) is 4.79 Å². The summed E-state index contributed by atoms with van der Waals surface area (Å²) in [4.78, 5) is 62.1. The van der Waals surface area contributed by atoms with Crippen LogP contribution in [0.2, 0.25) is 0 Å². The van der Waals surface area contributed by atoms with Gasteiger partial charge < -0.3 is 19.8 Å². The van der Waals surface area contributed by atoms with E-state index < -0.39 is 29.4 Å². The fraction of sp³-hybridized carbons (Fsp3) is 0.360. The highest BCUT2D eigenvalue weighted by Gasteiger charge is 2.29. The molecule has 12 heteroatoms. The van der Waals surface area contributed by atoms with Crippen molar-refractivity contribution in [3.05, 3.63) is 68.3 Å². The zero-order chi connectivity index (χ0) is 26.9. The highest BCUT2D eigenvalue weighted by Crippen LogP contribution is 2.34. The van der Waals surface area contributed by atoms with E-state index in [-0.39, 0.29) is 23.5 Å². The molecule has 0 aliphatic carbocycles. The molecule has 0 fully saturated rings. The summed E-state index contributed by atoms with van der Waals surface area (Å²) in [6, 6.07) is 6.59. The second-order valence-corrected chi connectivity index (χ2v) is 8.61. The summed E-state index contributed by atoms with van der Waals surface area (Å²) < 4.78 is 11.9. The van der Waals surface area contributed by atoms with Crippen LogP contribution in [0, 0.1) is 0 Å². The molecule has 1 aromatic carbocycles. The van der Waals surface area contributed by atoms with Crippen LogP contribution >= 0.6 is 0 Å². The summed E-state index contributed by atoms with van der Waals surface area (Å²) in [6.45, 7) is 1.97. The molecule has 194 valence electrons. The lowest BCUT2D eigenvalue weighted by Crippen LogP contribution is -2.43. The number of ether oxygens (including phenoxy) is 2. The van der Waals surface area contributed by atoms with Gasteiger partial charge in [0, 0.05) is 43.0 Å². The number of fused-ring (bicyclic) bond motifs is 2. The van der Waals surface area contributed by atoms with Gasteiger partial charge in [0.1, 0.15) is 6.04 Å². The number of methoxy groups -OCH3 is 2. The molecule has 4 aromatic rings. The summed E-state index contributed by atoms with van der Waals surface area (Å²) in [6.07, 6.45) is 1.49. The van der Waals surface area contributed by atoms with Crippen LogP contribution in [-0.4, -0.2) is 56.4 Å². The Kier molecular flexibility index (Phi) is 7.09. The third-order valence-electron chi connectivity index (χ3n) is 6.50. The minimum Gasteiger partial charge on any atom is -0.467 e. The van der Waals surface area contributed by atoms with Gasteiger partial charge in [-0.3, -0.25) is 13.9 Å². The molecule has 0 aliphatic rings. The molecular formula is C25H28N6O6. The number of aromatic amines is 1. The first-order chi connectivity index (χ1) is 17.7. The Bertz CT molecular complexity index is 1620. The zero-order valence-corrected chi connectivity index (χ0v) is 21.2. The van der Waals surface area contributed by atoms with Crippen LogP contribution in [0.5, 0.6) is 0 Å². The van der Waals surface area contributed by atoms with Crippen LogP contribution in [-0.2, 0) is 34.8 Å². The SMILES string of the molecule is CCC(c1cnc2c(n1)c(=O)n(C)c(=O)n2C)c1[nH]c2ccccc2c1CC(NC(=O)OC)C(=O)OC. The van der Waals surface area contributed by atoms with Gasteiger partial charge in [-0.25, -0.2) is 24.4 Å². The predicted octanol–water partition coefficient (Wildman–Crippen LogP) is 1.49. The Labute approximate surface area is 211 Å². The topological polar surface area (TPSA) is 150 Å². The Hall–Kier alpha value is -4.48. The van der Waals surface area contributed by atoms with Gasteiger partial charge in [0.15, 0.2) is 11.2 Å². The van der Waals surface area contributed by atoms with Gasteiger partial charge in [-0.05, 0) is 18.1 Å². The van der Waals surface area contributed by atoms with Crippen LogP contribution in [0.1, 0.15) is 36.2 Å². The number of hydrogen-bond donors (Lipinski definition) is 2. The van der Waals surface area contributed by atoms with E-state index in [1.807, 2.05) is 31.2 Å². The number of H-pyrrole nitrogens is 1. The van der Waals surface area contributed by atoms with Gasteiger partial charge in [-0.1, -0.05) is 25.1 Å². The second-order valence-electron chi connectivity index (χ2n) is 8.61. The van der Waals surface area contributed by atoms with E-state index in [0.717, 1.165) is 26.7 Å². The molecule has 0 aliphatic heterocycles. The number of nitrogens with one attached hydrogen (secondary N) is 2. The average molecular weight is 509 g/mol. The number of esters is 1. The number of carbonyl (C=O) groups is 2. The summed E-state index contributed by atoms with van der Waals surface area (Å²) >= 11 is 0. The van der Waals surface area contributed by atoms with E-state index in [1.165, 1.54) is 32.9 Å². The van der Waals surface area contributed by atoms with Gasteiger partial charge >= 0.3 is 17.8 Å². The maximum Gasteiger partial charge on any atom is 0.407 e. The van der Waals surface area contributed by atoms with Crippen molar-refractivity contribution in [1.29, 1.82) is 0 Å². The molecule has 1 amide bonds. The van der Waals surface area contributed by atoms with Crippen molar-refractivity contribution in [1.82, 2.24) is 29.4 Å². The molecule has 4 rings (SSSR count). The predicted molar refractivity (Wildman–Crippen MR) is 136 cm³/mol. The highest BCUT2D eigenvalue weighted by atomic mass is 16.5. The van der Waals surface area contributed by atoms with E-state index in [2.05, 4.69) is 20.3 Å². The molecular weight excluding hydrogens is 480 g/mol. The Morgan fingerprint density at radius 2 is 1.84 bits per heavy atom. The zero-order valence-electron chi connectivity index (χ0n) is 21.2. The Morgan fingerprint density at radius 3 is 2.51 bits per heavy atom. The summed E-state index contributed by atoms with van der Waals surface area (Å²) in [5, 5.41) is 3.40. The number of rotatable bonds is 7. The normalized spacial score (nSPS) is 12.9. The standard InChI is InChI=1S/C25H28N6O6/c1-6-13(18-12-26-21-20(28-18)22(32)31(3)25(35)30(21)2)19-15(14-9-7-8-10-16(14)27-19)11-17(23(33)36-4)29-24(34)37-5/h7-10,12-13,17,27H,6,11H2,1-5H3,(H,29,34). The largest absolute Gasteiger partial charge is 0.467 e. The lowest BCUT2D eigenvalue weighted by atomic mass is 9.91. The third kappa shape index (κ3) is 4.57. The molecule has 2 atom stereocenters. The van der Waals surface area contributed by atoms with Crippen molar-refractivity contribution in [3.63, 3.8) is 0 Å². The molecule has 2 unspecified atom stereocenters. The van der Waals surface area contributed by atoms with Gasteiger partial charge in [0.25, 0.3) is 5.56 Å². The Balaban J connectivity index is 1.88. The van der Waals surface area contributed by atoms with Gasteiger partial charge in [-0.15, -0.1) is 0 Å². The van der Waals surface area contributed by atoms with Crippen molar-refractivity contribution in [2.75, 3.05) is 14.2 Å². The number of aromatic nitrogens is 5. The summed E-state index contributed by atoms with van der Waals surface area (Å²) in [7, 11) is 5.39. The van der Waals surface area contributed by atoms with Crippen molar-refractivity contribution < 1.29 is 19.1 Å². The number of aryl methyl sites for hydroxylation is 1. The lowest BCUT2D eigenvalue weighted by Gasteiger charge is -2.20. The van der Waals surface area contributed by atoms with E-state index in [0.29, 0.717) is 12.1 Å².